The first kappa shape index (κ1) is 15.9. The van der Waals surface area contributed by atoms with Crippen molar-refractivity contribution in [1.29, 1.82) is 0 Å². The van der Waals surface area contributed by atoms with Crippen LogP contribution in [0.15, 0.2) is 48.4 Å². The molecule has 2 heterocycles. The minimum Gasteiger partial charge on any atom is -0.368 e. The fourth-order valence-electron chi connectivity index (χ4n) is 2.33. The molecule has 0 aliphatic heterocycles. The van der Waals surface area contributed by atoms with E-state index < -0.39 is 0 Å². The Labute approximate surface area is 131 Å². The second-order valence-electron chi connectivity index (χ2n) is 4.93. The molecular weight excluding hydrogens is 272 g/mol. The quantitative estimate of drug-likeness (QED) is 0.898. The van der Waals surface area contributed by atoms with Crippen molar-refractivity contribution in [3.63, 3.8) is 0 Å². The molecule has 0 amide bonds. The summed E-state index contributed by atoms with van der Waals surface area (Å²) in [6.07, 6.45) is 11.7. The number of hydrogen-bond donors (Lipinski definition) is 1. The van der Waals surface area contributed by atoms with Crippen molar-refractivity contribution in [3.05, 3.63) is 54.0 Å². The van der Waals surface area contributed by atoms with Crippen LogP contribution in [0.2, 0.25) is 0 Å². The summed E-state index contributed by atoms with van der Waals surface area (Å²) in [6.45, 7) is 6.15. The maximum absolute atomic E-state index is 5.75. The van der Waals surface area contributed by atoms with Crippen molar-refractivity contribution in [2.75, 3.05) is 5.73 Å². The fraction of sp³-hybridized carbons (Fsp3) is 0.278. The van der Waals surface area contributed by atoms with E-state index in [0.717, 1.165) is 29.7 Å². The zero-order chi connectivity index (χ0) is 15.9. The highest BCUT2D eigenvalue weighted by Gasteiger charge is 2.14. The highest BCUT2D eigenvalue weighted by molar-refractivity contribution is 5.80. The largest absolute Gasteiger partial charge is 0.368 e. The molecule has 0 bridgehead atoms. The first-order chi connectivity index (χ1) is 10.7. The number of aromatic nitrogens is 3. The van der Waals surface area contributed by atoms with Crippen LogP contribution in [-0.4, -0.2) is 15.0 Å². The lowest BCUT2D eigenvalue weighted by Crippen LogP contribution is -2.02. The van der Waals surface area contributed by atoms with Gasteiger partial charge in [-0.05, 0) is 37.5 Å². The molecule has 0 fully saturated rings. The predicted octanol–water partition coefficient (Wildman–Crippen LogP) is 4.27. The van der Waals surface area contributed by atoms with Gasteiger partial charge in [0.1, 0.15) is 0 Å². The van der Waals surface area contributed by atoms with E-state index in [2.05, 4.69) is 34.0 Å². The summed E-state index contributed by atoms with van der Waals surface area (Å²) in [6, 6.07) is 3.88. The Balaban J connectivity index is 0.000000847. The molecule has 4 heteroatoms. The van der Waals surface area contributed by atoms with Crippen molar-refractivity contribution < 1.29 is 0 Å². The lowest BCUT2D eigenvalue weighted by atomic mass is 9.92. The first-order valence-corrected chi connectivity index (χ1v) is 7.63. The summed E-state index contributed by atoms with van der Waals surface area (Å²) in [7, 11) is 0. The fourth-order valence-corrected chi connectivity index (χ4v) is 2.33. The number of nitrogens with two attached hydrogens (primary N) is 1. The van der Waals surface area contributed by atoms with E-state index in [4.69, 9.17) is 5.73 Å². The normalized spacial score (nSPS) is 13.6. The second-order valence-corrected chi connectivity index (χ2v) is 4.93. The molecule has 4 nitrogen and oxygen atoms in total. The number of hydrogen-bond acceptors (Lipinski definition) is 4. The monoisotopic (exact) mass is 294 g/mol. The average molecular weight is 294 g/mol. The van der Waals surface area contributed by atoms with Gasteiger partial charge in [0, 0.05) is 29.7 Å². The third-order valence-corrected chi connectivity index (χ3v) is 3.46. The highest BCUT2D eigenvalue weighted by atomic mass is 15.0. The zero-order valence-corrected chi connectivity index (χ0v) is 13.4. The molecule has 2 aromatic heterocycles. The van der Waals surface area contributed by atoms with Gasteiger partial charge in [-0.1, -0.05) is 31.6 Å². The van der Waals surface area contributed by atoms with Crippen LogP contribution in [0.5, 0.6) is 0 Å². The van der Waals surface area contributed by atoms with Crippen molar-refractivity contribution in [3.8, 4) is 11.3 Å². The average Bonchev–Trinajstić information content (AvgIpc) is 2.58. The summed E-state index contributed by atoms with van der Waals surface area (Å²) in [4.78, 5) is 12.6. The molecular formula is C18H22N4. The van der Waals surface area contributed by atoms with E-state index in [1.54, 1.807) is 12.4 Å². The van der Waals surface area contributed by atoms with Crippen LogP contribution in [0, 0.1) is 0 Å². The minimum absolute atomic E-state index is 0.295. The van der Waals surface area contributed by atoms with Gasteiger partial charge in [0.25, 0.3) is 0 Å². The van der Waals surface area contributed by atoms with Gasteiger partial charge in [0.2, 0.25) is 5.95 Å². The Morgan fingerprint density at radius 2 is 1.77 bits per heavy atom. The summed E-state index contributed by atoms with van der Waals surface area (Å²) >= 11 is 0. The van der Waals surface area contributed by atoms with Crippen molar-refractivity contribution in [2.24, 2.45) is 0 Å². The molecule has 0 saturated heterocycles. The van der Waals surface area contributed by atoms with E-state index in [1.807, 2.05) is 32.2 Å². The Bertz CT molecular complexity index is 687. The molecule has 1 aliphatic carbocycles. The molecule has 0 spiro atoms. The third-order valence-electron chi connectivity index (χ3n) is 3.46. The van der Waals surface area contributed by atoms with Gasteiger partial charge in [-0.3, -0.25) is 4.98 Å². The van der Waals surface area contributed by atoms with Gasteiger partial charge < -0.3 is 5.73 Å². The van der Waals surface area contributed by atoms with Gasteiger partial charge in [-0.15, -0.1) is 0 Å². The summed E-state index contributed by atoms with van der Waals surface area (Å²) in [5.41, 5.74) is 11.3. The molecule has 2 N–H and O–H groups in total. The highest BCUT2D eigenvalue weighted by Crippen LogP contribution is 2.32. The summed E-state index contributed by atoms with van der Waals surface area (Å²) in [5, 5.41) is 0. The summed E-state index contributed by atoms with van der Waals surface area (Å²) in [5.74, 6) is 0.295. The van der Waals surface area contributed by atoms with Crippen LogP contribution < -0.4 is 5.73 Å². The van der Waals surface area contributed by atoms with Crippen LogP contribution >= 0.6 is 0 Å². The number of anilines is 1. The number of pyridine rings is 1. The predicted molar refractivity (Wildman–Crippen MR) is 92.0 cm³/mol. The van der Waals surface area contributed by atoms with Crippen LogP contribution in [0.25, 0.3) is 16.8 Å². The molecule has 114 valence electrons. The SMILES string of the molecule is CC.CC1=CC=C(c2cnc(N)nc2-c2ccncc2)CC1. The third kappa shape index (κ3) is 3.58. The Hall–Kier alpha value is -2.49. The number of rotatable bonds is 2. The topological polar surface area (TPSA) is 64.7 Å². The van der Waals surface area contributed by atoms with Gasteiger partial charge in [0.15, 0.2) is 0 Å². The van der Waals surface area contributed by atoms with Crippen molar-refractivity contribution >= 4 is 11.5 Å². The van der Waals surface area contributed by atoms with Crippen LogP contribution in [0.3, 0.4) is 0 Å². The Kier molecular flexibility index (Phi) is 5.42. The van der Waals surface area contributed by atoms with Crippen LogP contribution in [0.4, 0.5) is 5.95 Å². The van der Waals surface area contributed by atoms with Crippen molar-refractivity contribution in [2.45, 2.75) is 33.6 Å². The lowest BCUT2D eigenvalue weighted by molar-refractivity contribution is 0.973. The van der Waals surface area contributed by atoms with Crippen LogP contribution in [0.1, 0.15) is 39.2 Å². The van der Waals surface area contributed by atoms with E-state index >= 15 is 0 Å². The molecule has 2 aromatic rings. The van der Waals surface area contributed by atoms with Gasteiger partial charge in [0.05, 0.1) is 5.69 Å². The molecule has 3 rings (SSSR count). The Morgan fingerprint density at radius 1 is 1.05 bits per heavy atom. The van der Waals surface area contributed by atoms with E-state index in [1.165, 1.54) is 11.1 Å². The second kappa shape index (κ2) is 7.50. The zero-order valence-electron chi connectivity index (χ0n) is 13.4. The van der Waals surface area contributed by atoms with E-state index in [-0.39, 0.29) is 0 Å². The van der Waals surface area contributed by atoms with E-state index in [0.29, 0.717) is 5.95 Å². The van der Waals surface area contributed by atoms with Gasteiger partial charge in [-0.2, -0.15) is 0 Å². The van der Waals surface area contributed by atoms with Crippen LogP contribution in [-0.2, 0) is 0 Å². The molecule has 0 saturated carbocycles. The molecule has 0 unspecified atom stereocenters. The molecule has 1 aliphatic rings. The smallest absolute Gasteiger partial charge is 0.220 e. The number of allylic oxidation sites excluding steroid dienone is 4. The molecule has 0 radical (unpaired) electrons. The van der Waals surface area contributed by atoms with Crippen molar-refractivity contribution in [1.82, 2.24) is 15.0 Å². The minimum atomic E-state index is 0.295. The Morgan fingerprint density at radius 3 is 2.41 bits per heavy atom. The number of nitrogen functional groups attached to an aromatic ring is 1. The maximum atomic E-state index is 5.75. The van der Waals surface area contributed by atoms with Gasteiger partial charge >= 0.3 is 0 Å². The standard InChI is InChI=1S/C16H16N4.C2H6/c1-11-2-4-12(5-3-11)14-10-19-16(17)20-15(14)13-6-8-18-9-7-13;1-2/h2,4,6-10H,3,5H2,1H3,(H2,17,19,20);1-2H3. The number of nitrogens with zero attached hydrogens (tertiary/aromatic N) is 3. The molecule has 22 heavy (non-hydrogen) atoms. The first-order valence-electron chi connectivity index (χ1n) is 7.63. The lowest BCUT2D eigenvalue weighted by Gasteiger charge is -2.15. The molecule has 0 atom stereocenters. The van der Waals surface area contributed by atoms with E-state index in [9.17, 15) is 0 Å². The summed E-state index contributed by atoms with van der Waals surface area (Å²) < 4.78 is 0. The molecule has 0 aromatic carbocycles. The maximum Gasteiger partial charge on any atom is 0.220 e. The van der Waals surface area contributed by atoms with Gasteiger partial charge in [-0.25, -0.2) is 9.97 Å².